The summed E-state index contributed by atoms with van der Waals surface area (Å²) in [6.07, 6.45) is 7.25. The molecule has 1 aliphatic heterocycles. The van der Waals surface area contributed by atoms with Crippen LogP contribution in [0.2, 0.25) is 0 Å². The summed E-state index contributed by atoms with van der Waals surface area (Å²) in [6, 6.07) is 8.16. The van der Waals surface area contributed by atoms with Crippen molar-refractivity contribution in [2.75, 3.05) is 13.1 Å². The molecule has 1 aromatic heterocycles. The van der Waals surface area contributed by atoms with Gasteiger partial charge in [-0.15, -0.1) is 11.3 Å². The van der Waals surface area contributed by atoms with Gasteiger partial charge in [-0.2, -0.15) is 0 Å². The second-order valence-corrected chi connectivity index (χ2v) is 7.82. The van der Waals surface area contributed by atoms with Crippen molar-refractivity contribution in [1.29, 1.82) is 0 Å². The third kappa shape index (κ3) is 2.98. The van der Waals surface area contributed by atoms with Crippen LogP contribution in [0, 0.1) is 5.92 Å². The van der Waals surface area contributed by atoms with E-state index in [-0.39, 0.29) is 23.8 Å². The van der Waals surface area contributed by atoms with Gasteiger partial charge in [-0.1, -0.05) is 24.3 Å². The van der Waals surface area contributed by atoms with Gasteiger partial charge in [-0.05, 0) is 37.8 Å². The van der Waals surface area contributed by atoms with E-state index in [1.165, 1.54) is 4.70 Å². The summed E-state index contributed by atoms with van der Waals surface area (Å²) < 4.78 is 1.18. The summed E-state index contributed by atoms with van der Waals surface area (Å²) in [4.78, 5) is 19.7. The third-order valence-corrected chi connectivity index (χ3v) is 6.25. The predicted octanol–water partition coefficient (Wildman–Crippen LogP) is 3.33. The highest BCUT2D eigenvalue weighted by Crippen LogP contribution is 2.39. The van der Waals surface area contributed by atoms with Gasteiger partial charge in [0.05, 0.1) is 27.2 Å². The molecule has 0 radical (unpaired) electrons. The topological polar surface area (TPSA) is 53.4 Å². The number of aromatic nitrogens is 1. The van der Waals surface area contributed by atoms with Gasteiger partial charge in [0.15, 0.2) is 0 Å². The lowest BCUT2D eigenvalue weighted by Crippen LogP contribution is -2.46. The fraction of sp³-hybridized carbons (Fsp3) is 0.474. The maximum atomic E-state index is 13.1. The number of amides is 1. The first-order valence-electron chi connectivity index (χ1n) is 8.69. The van der Waals surface area contributed by atoms with Gasteiger partial charge in [-0.3, -0.25) is 4.79 Å². The Morgan fingerprint density at radius 3 is 2.92 bits per heavy atom. The maximum Gasteiger partial charge on any atom is 0.226 e. The van der Waals surface area contributed by atoms with E-state index in [4.69, 9.17) is 4.98 Å². The summed E-state index contributed by atoms with van der Waals surface area (Å²) in [5, 5.41) is 11.0. The highest BCUT2D eigenvalue weighted by Gasteiger charge is 2.36. The van der Waals surface area contributed by atoms with Crippen molar-refractivity contribution in [1.82, 2.24) is 9.88 Å². The number of hydrogen-bond donors (Lipinski definition) is 1. The summed E-state index contributed by atoms with van der Waals surface area (Å²) in [7, 11) is 0. The number of carbonyl (C=O) groups excluding carboxylic acids is 1. The molecule has 24 heavy (non-hydrogen) atoms. The molecule has 126 valence electrons. The zero-order valence-corrected chi connectivity index (χ0v) is 14.4. The van der Waals surface area contributed by atoms with Crippen molar-refractivity contribution in [3.8, 4) is 0 Å². The van der Waals surface area contributed by atoms with E-state index < -0.39 is 0 Å². The zero-order chi connectivity index (χ0) is 16.5. The Labute approximate surface area is 145 Å². The van der Waals surface area contributed by atoms with Crippen LogP contribution in [-0.2, 0) is 4.79 Å². The third-order valence-electron chi connectivity index (χ3n) is 5.09. The molecule has 3 unspecified atom stereocenters. The molecular weight excluding hydrogens is 320 g/mol. The lowest BCUT2D eigenvalue weighted by molar-refractivity contribution is -0.139. The van der Waals surface area contributed by atoms with E-state index in [1.807, 2.05) is 23.1 Å². The molecular formula is C19H22N2O2S. The molecule has 2 heterocycles. The number of aliphatic hydroxyl groups is 1. The number of para-hydroxylation sites is 1. The van der Waals surface area contributed by atoms with Crippen LogP contribution in [0.3, 0.4) is 0 Å². The second kappa shape index (κ2) is 6.65. The summed E-state index contributed by atoms with van der Waals surface area (Å²) in [6.45, 7) is 1.24. The Hall–Kier alpha value is -1.72. The number of benzene rings is 1. The van der Waals surface area contributed by atoms with Crippen LogP contribution in [0.15, 0.2) is 36.4 Å². The Morgan fingerprint density at radius 1 is 1.25 bits per heavy atom. The average molecular weight is 342 g/mol. The lowest BCUT2D eigenvalue weighted by Gasteiger charge is -2.35. The molecule has 1 aromatic carbocycles. The molecule has 2 aliphatic rings. The van der Waals surface area contributed by atoms with Crippen molar-refractivity contribution >= 4 is 27.5 Å². The monoisotopic (exact) mass is 342 g/mol. The van der Waals surface area contributed by atoms with E-state index >= 15 is 0 Å². The van der Waals surface area contributed by atoms with Crippen LogP contribution < -0.4 is 0 Å². The molecule has 2 aromatic rings. The van der Waals surface area contributed by atoms with Gasteiger partial charge in [0.25, 0.3) is 0 Å². The summed E-state index contributed by atoms with van der Waals surface area (Å²) >= 11 is 1.71. The van der Waals surface area contributed by atoms with E-state index in [0.717, 1.165) is 42.8 Å². The first-order valence-corrected chi connectivity index (χ1v) is 9.51. The molecule has 1 N–H and O–H groups in total. The first kappa shape index (κ1) is 15.8. The van der Waals surface area contributed by atoms with Gasteiger partial charge in [-0.25, -0.2) is 4.98 Å². The molecule has 0 spiro atoms. The van der Waals surface area contributed by atoms with Gasteiger partial charge in [0.1, 0.15) is 0 Å². The van der Waals surface area contributed by atoms with Gasteiger partial charge in [0, 0.05) is 19.0 Å². The molecule has 5 heteroatoms. The van der Waals surface area contributed by atoms with Crippen LogP contribution in [0.4, 0.5) is 0 Å². The predicted molar refractivity (Wildman–Crippen MR) is 96.0 cm³/mol. The van der Waals surface area contributed by atoms with Gasteiger partial charge < -0.3 is 10.0 Å². The standard InChI is InChI=1S/C19H22N2O2S/c22-13-6-5-11-21(12-13)19(23)15-8-2-1-7-14(15)18-20-16-9-3-4-10-17(16)24-18/h1-4,9-10,13-15,22H,5-8,11-12H2. The molecule has 0 saturated carbocycles. The molecule has 0 bridgehead atoms. The number of piperidine rings is 1. The van der Waals surface area contributed by atoms with Gasteiger partial charge in [0.2, 0.25) is 5.91 Å². The quantitative estimate of drug-likeness (QED) is 0.852. The number of allylic oxidation sites excluding steroid dienone is 2. The Kier molecular flexibility index (Phi) is 4.37. The van der Waals surface area contributed by atoms with E-state index in [2.05, 4.69) is 18.2 Å². The van der Waals surface area contributed by atoms with Crippen LogP contribution in [0.1, 0.15) is 36.6 Å². The van der Waals surface area contributed by atoms with Crippen molar-refractivity contribution in [3.05, 3.63) is 41.4 Å². The number of hydrogen-bond acceptors (Lipinski definition) is 4. The molecule has 1 aliphatic carbocycles. The second-order valence-electron chi connectivity index (χ2n) is 6.76. The van der Waals surface area contributed by atoms with E-state index in [0.29, 0.717) is 6.54 Å². The first-order chi connectivity index (χ1) is 11.7. The molecule has 1 fully saturated rings. The van der Waals surface area contributed by atoms with Crippen molar-refractivity contribution < 1.29 is 9.90 Å². The molecule has 4 rings (SSSR count). The Bertz CT molecular complexity index is 737. The minimum absolute atomic E-state index is 0.0548. The van der Waals surface area contributed by atoms with E-state index in [1.54, 1.807) is 11.3 Å². The average Bonchev–Trinajstić information content (AvgIpc) is 3.05. The smallest absolute Gasteiger partial charge is 0.226 e. The zero-order valence-electron chi connectivity index (χ0n) is 13.6. The van der Waals surface area contributed by atoms with Crippen molar-refractivity contribution in [3.63, 3.8) is 0 Å². The maximum absolute atomic E-state index is 13.1. The molecule has 3 atom stereocenters. The fourth-order valence-corrected chi connectivity index (χ4v) is 4.94. The van der Waals surface area contributed by atoms with E-state index in [9.17, 15) is 9.90 Å². The Morgan fingerprint density at radius 2 is 2.08 bits per heavy atom. The summed E-state index contributed by atoms with van der Waals surface area (Å²) in [5.74, 6) is 0.280. The van der Waals surface area contributed by atoms with Crippen LogP contribution in [0.5, 0.6) is 0 Å². The number of carbonyl (C=O) groups is 1. The SMILES string of the molecule is O=C(C1CC=CCC1c1nc2ccccc2s1)N1CCCC(O)C1. The van der Waals surface area contributed by atoms with Crippen LogP contribution in [-0.4, -0.2) is 40.1 Å². The van der Waals surface area contributed by atoms with Crippen LogP contribution >= 0.6 is 11.3 Å². The van der Waals surface area contributed by atoms with Crippen molar-refractivity contribution in [2.24, 2.45) is 5.92 Å². The minimum Gasteiger partial charge on any atom is -0.391 e. The fourth-order valence-electron chi connectivity index (χ4n) is 3.80. The number of nitrogens with zero attached hydrogens (tertiary/aromatic N) is 2. The minimum atomic E-state index is -0.372. The number of thiazole rings is 1. The Balaban J connectivity index is 1.61. The number of rotatable bonds is 2. The number of fused-ring (bicyclic) bond motifs is 1. The number of aliphatic hydroxyl groups excluding tert-OH is 1. The van der Waals surface area contributed by atoms with Crippen LogP contribution in [0.25, 0.3) is 10.2 Å². The lowest BCUT2D eigenvalue weighted by atomic mass is 9.82. The van der Waals surface area contributed by atoms with Crippen molar-refractivity contribution in [2.45, 2.75) is 37.7 Å². The summed E-state index contributed by atoms with van der Waals surface area (Å²) in [5.41, 5.74) is 1.02. The largest absolute Gasteiger partial charge is 0.391 e. The number of likely N-dealkylation sites (tertiary alicyclic amines) is 1. The normalized spacial score (nSPS) is 27.5. The highest BCUT2D eigenvalue weighted by molar-refractivity contribution is 7.18. The number of β-amino-alcohol motifs (C(OH)–C–C–N with tert-alkyl or cyclic N) is 1. The highest BCUT2D eigenvalue weighted by atomic mass is 32.1. The molecule has 1 amide bonds. The molecule has 4 nitrogen and oxygen atoms in total. The van der Waals surface area contributed by atoms with Gasteiger partial charge >= 0.3 is 0 Å². The molecule has 1 saturated heterocycles.